The number of para-hydroxylation sites is 1. The Bertz CT molecular complexity index is 455. The molecule has 0 fully saturated rings. The van der Waals surface area contributed by atoms with Crippen molar-refractivity contribution in [2.75, 3.05) is 0 Å². The molecule has 1 N–H and O–H groups in total. The second-order valence-corrected chi connectivity index (χ2v) is 3.74. The number of aliphatic carboxylic acids is 1. The molecule has 0 bridgehead atoms. The van der Waals surface area contributed by atoms with E-state index in [1.54, 1.807) is 0 Å². The van der Waals surface area contributed by atoms with Crippen molar-refractivity contribution >= 4 is 12.0 Å². The highest BCUT2D eigenvalue weighted by Gasteiger charge is 2.26. The molecule has 3 heteroatoms. The molecule has 14 heavy (non-hydrogen) atoms. The number of hydrogen-bond acceptors (Lipinski definition) is 2. The summed E-state index contributed by atoms with van der Waals surface area (Å²) in [5.74, 6) is -0.819. The van der Waals surface area contributed by atoms with E-state index in [1.165, 1.54) is 0 Å². The summed E-state index contributed by atoms with van der Waals surface area (Å²) in [6.07, 6.45) is 1.96. The van der Waals surface area contributed by atoms with Crippen LogP contribution in [0.25, 0.3) is 6.08 Å². The van der Waals surface area contributed by atoms with Crippen LogP contribution in [0.15, 0.2) is 29.3 Å². The molecule has 72 valence electrons. The number of carbonyl (C=O) groups is 1. The summed E-state index contributed by atoms with van der Waals surface area (Å²) < 4.78 is 0. The molecule has 0 aliphatic carbocycles. The quantitative estimate of drug-likeness (QED) is 0.729. The smallest absolute Gasteiger partial charge is 0.306 e. The molecule has 0 aromatic heterocycles. The standard InChI is InChI=1S/C11H11NO2/c1-11(7-10(13)14)6-8-4-2-3-5-9(8)12-11/h2-6H,7H2,1H3,(H,13,14). The molecule has 0 saturated heterocycles. The number of carboxylic acids is 1. The molecule has 0 spiro atoms. The monoisotopic (exact) mass is 189 g/mol. The maximum Gasteiger partial charge on any atom is 0.306 e. The van der Waals surface area contributed by atoms with Gasteiger partial charge in [0, 0.05) is 0 Å². The van der Waals surface area contributed by atoms with Gasteiger partial charge in [-0.15, -0.1) is 0 Å². The maximum absolute atomic E-state index is 10.6. The average molecular weight is 189 g/mol. The molecule has 1 atom stereocenters. The lowest BCUT2D eigenvalue weighted by atomic mass is 9.99. The van der Waals surface area contributed by atoms with Crippen LogP contribution in [-0.2, 0) is 4.79 Å². The maximum atomic E-state index is 10.6. The van der Waals surface area contributed by atoms with Crippen molar-refractivity contribution in [3.63, 3.8) is 0 Å². The van der Waals surface area contributed by atoms with E-state index in [-0.39, 0.29) is 6.42 Å². The topological polar surface area (TPSA) is 49.7 Å². The number of rotatable bonds is 2. The molecular weight excluding hydrogens is 178 g/mol. The SMILES string of the molecule is CC1(CC(=O)O)C=c2ccccc2=N1. The van der Waals surface area contributed by atoms with Gasteiger partial charge in [0.1, 0.15) is 0 Å². The summed E-state index contributed by atoms with van der Waals surface area (Å²) in [7, 11) is 0. The van der Waals surface area contributed by atoms with E-state index < -0.39 is 11.5 Å². The van der Waals surface area contributed by atoms with E-state index in [9.17, 15) is 4.79 Å². The van der Waals surface area contributed by atoms with E-state index in [1.807, 2.05) is 37.3 Å². The zero-order valence-electron chi connectivity index (χ0n) is 7.90. The first kappa shape index (κ1) is 8.94. The highest BCUT2D eigenvalue weighted by Crippen LogP contribution is 2.18. The van der Waals surface area contributed by atoms with Crippen molar-refractivity contribution in [3.8, 4) is 0 Å². The number of benzene rings is 1. The fourth-order valence-electron chi connectivity index (χ4n) is 1.75. The van der Waals surface area contributed by atoms with Gasteiger partial charge in [0.05, 0.1) is 17.3 Å². The molecule has 1 heterocycles. The minimum Gasteiger partial charge on any atom is -0.481 e. The fraction of sp³-hybridized carbons (Fsp3) is 0.273. The lowest BCUT2D eigenvalue weighted by Crippen LogP contribution is -2.21. The second kappa shape index (κ2) is 2.94. The van der Waals surface area contributed by atoms with Crippen LogP contribution in [0.5, 0.6) is 0 Å². The van der Waals surface area contributed by atoms with Crippen LogP contribution < -0.4 is 10.6 Å². The third kappa shape index (κ3) is 1.53. The molecule has 1 aliphatic rings. The van der Waals surface area contributed by atoms with Gasteiger partial charge in [-0.2, -0.15) is 0 Å². The molecule has 2 rings (SSSR count). The third-order valence-electron chi connectivity index (χ3n) is 2.29. The summed E-state index contributed by atoms with van der Waals surface area (Å²) in [5, 5.41) is 10.6. The zero-order valence-corrected chi connectivity index (χ0v) is 7.90. The molecule has 0 saturated carbocycles. The largest absolute Gasteiger partial charge is 0.481 e. The van der Waals surface area contributed by atoms with Crippen LogP contribution in [0.4, 0.5) is 0 Å². The van der Waals surface area contributed by atoms with Gasteiger partial charge in [-0.05, 0) is 24.3 Å². The average Bonchev–Trinajstić information content (AvgIpc) is 2.38. The normalized spacial score (nSPS) is 23.5. The second-order valence-electron chi connectivity index (χ2n) is 3.74. The first-order valence-corrected chi connectivity index (χ1v) is 4.49. The first-order chi connectivity index (χ1) is 6.59. The Morgan fingerprint density at radius 3 is 2.86 bits per heavy atom. The molecule has 0 radical (unpaired) electrons. The predicted molar refractivity (Wildman–Crippen MR) is 52.3 cm³/mol. The zero-order chi connectivity index (χ0) is 10.2. The lowest BCUT2D eigenvalue weighted by Gasteiger charge is -2.14. The molecule has 1 aliphatic heterocycles. The summed E-state index contributed by atoms with van der Waals surface area (Å²) in [4.78, 5) is 15.0. The lowest BCUT2D eigenvalue weighted by molar-refractivity contribution is -0.137. The van der Waals surface area contributed by atoms with E-state index in [0.717, 1.165) is 10.6 Å². The van der Waals surface area contributed by atoms with E-state index in [0.29, 0.717) is 0 Å². The molecule has 1 unspecified atom stereocenters. The van der Waals surface area contributed by atoms with Gasteiger partial charge in [-0.1, -0.05) is 18.2 Å². The third-order valence-corrected chi connectivity index (χ3v) is 2.29. The minimum atomic E-state index is -0.819. The first-order valence-electron chi connectivity index (χ1n) is 4.49. The highest BCUT2D eigenvalue weighted by molar-refractivity contribution is 5.71. The number of carboxylic acid groups (broad SMARTS) is 1. The molecule has 1 aromatic rings. The van der Waals surface area contributed by atoms with Crippen molar-refractivity contribution in [3.05, 3.63) is 34.8 Å². The van der Waals surface area contributed by atoms with Gasteiger partial charge >= 0.3 is 5.97 Å². The summed E-state index contributed by atoms with van der Waals surface area (Å²) >= 11 is 0. The number of nitrogens with zero attached hydrogens (tertiary/aromatic N) is 1. The highest BCUT2D eigenvalue weighted by atomic mass is 16.4. The van der Waals surface area contributed by atoms with Crippen molar-refractivity contribution in [2.45, 2.75) is 18.9 Å². The minimum absolute atomic E-state index is 0.0433. The molecule has 0 amide bonds. The number of fused-ring (bicyclic) bond motifs is 1. The van der Waals surface area contributed by atoms with E-state index in [4.69, 9.17) is 5.11 Å². The van der Waals surface area contributed by atoms with Crippen molar-refractivity contribution in [2.24, 2.45) is 4.99 Å². The van der Waals surface area contributed by atoms with Crippen LogP contribution >= 0.6 is 0 Å². The Kier molecular flexibility index (Phi) is 1.88. The number of hydrogen-bond donors (Lipinski definition) is 1. The predicted octanol–water partition coefficient (Wildman–Crippen LogP) is 0.334. The van der Waals surface area contributed by atoms with Crippen LogP contribution in [0.2, 0.25) is 0 Å². The molecule has 3 nitrogen and oxygen atoms in total. The summed E-state index contributed by atoms with van der Waals surface area (Å²) in [6.45, 7) is 1.83. The van der Waals surface area contributed by atoms with Gasteiger partial charge in [0.2, 0.25) is 0 Å². The van der Waals surface area contributed by atoms with Crippen LogP contribution in [-0.4, -0.2) is 16.6 Å². The van der Waals surface area contributed by atoms with E-state index >= 15 is 0 Å². The van der Waals surface area contributed by atoms with Crippen LogP contribution in [0, 0.1) is 0 Å². The Balaban J connectivity index is 2.48. The van der Waals surface area contributed by atoms with Crippen molar-refractivity contribution < 1.29 is 9.90 Å². The van der Waals surface area contributed by atoms with Gasteiger partial charge < -0.3 is 5.11 Å². The van der Waals surface area contributed by atoms with E-state index in [2.05, 4.69) is 4.99 Å². The van der Waals surface area contributed by atoms with Gasteiger partial charge in [0.25, 0.3) is 0 Å². The Morgan fingerprint density at radius 1 is 1.50 bits per heavy atom. The van der Waals surface area contributed by atoms with Gasteiger partial charge in [-0.25, -0.2) is 0 Å². The van der Waals surface area contributed by atoms with Gasteiger partial charge in [0.15, 0.2) is 0 Å². The Labute approximate surface area is 81.4 Å². The fourth-order valence-corrected chi connectivity index (χ4v) is 1.75. The Hall–Kier alpha value is -1.64. The van der Waals surface area contributed by atoms with Crippen molar-refractivity contribution in [1.29, 1.82) is 0 Å². The van der Waals surface area contributed by atoms with Crippen molar-refractivity contribution in [1.82, 2.24) is 0 Å². The van der Waals surface area contributed by atoms with Crippen LogP contribution in [0.1, 0.15) is 13.3 Å². The summed E-state index contributed by atoms with van der Waals surface area (Å²) in [6, 6.07) is 7.69. The van der Waals surface area contributed by atoms with Crippen LogP contribution in [0.3, 0.4) is 0 Å². The molecular formula is C11H11NO2. The molecule has 1 aromatic carbocycles. The Morgan fingerprint density at radius 2 is 2.21 bits per heavy atom. The summed E-state index contributed by atoms with van der Waals surface area (Å²) in [5.41, 5.74) is -0.574. The van der Waals surface area contributed by atoms with Gasteiger partial charge in [-0.3, -0.25) is 9.79 Å².